The lowest BCUT2D eigenvalue weighted by atomic mass is 10.1. The molecule has 0 fully saturated rings. The molecule has 1 aromatic rings. The van der Waals surface area contributed by atoms with Crippen molar-refractivity contribution in [2.24, 2.45) is 5.92 Å². The Kier molecular flexibility index (Phi) is 5.00. The first-order valence-electron chi connectivity index (χ1n) is 5.98. The lowest BCUT2D eigenvalue weighted by Gasteiger charge is -2.10. The van der Waals surface area contributed by atoms with Crippen molar-refractivity contribution in [3.8, 4) is 0 Å². The van der Waals surface area contributed by atoms with Gasteiger partial charge in [0.2, 0.25) is 0 Å². The van der Waals surface area contributed by atoms with Crippen molar-refractivity contribution in [1.82, 2.24) is 0 Å². The molecule has 0 aromatic heterocycles. The molecular formula is C13H21NO2S. The number of nitrogens with two attached hydrogens (primary N) is 1. The Morgan fingerprint density at radius 1 is 1.29 bits per heavy atom. The van der Waals surface area contributed by atoms with Crippen LogP contribution in [-0.2, 0) is 16.3 Å². The molecule has 2 N–H and O–H groups in total. The zero-order valence-electron chi connectivity index (χ0n) is 10.5. The van der Waals surface area contributed by atoms with Crippen LogP contribution in [0.25, 0.3) is 0 Å². The largest absolute Gasteiger partial charge is 0.399 e. The number of rotatable bonds is 6. The summed E-state index contributed by atoms with van der Waals surface area (Å²) >= 11 is 0. The van der Waals surface area contributed by atoms with Crippen LogP contribution < -0.4 is 5.73 Å². The molecule has 0 aliphatic heterocycles. The summed E-state index contributed by atoms with van der Waals surface area (Å²) < 4.78 is 23.7. The normalized spacial score (nSPS) is 13.5. The zero-order valence-corrected chi connectivity index (χ0v) is 11.3. The van der Waals surface area contributed by atoms with E-state index in [-0.39, 0.29) is 17.4 Å². The van der Waals surface area contributed by atoms with E-state index in [1.807, 2.05) is 32.0 Å². The lowest BCUT2D eigenvalue weighted by molar-refractivity contribution is 0.564. The van der Waals surface area contributed by atoms with Crippen molar-refractivity contribution in [2.75, 3.05) is 17.2 Å². The molecule has 1 unspecified atom stereocenters. The van der Waals surface area contributed by atoms with Crippen LogP contribution >= 0.6 is 0 Å². The maximum absolute atomic E-state index is 11.8. The highest BCUT2D eigenvalue weighted by Crippen LogP contribution is 2.13. The van der Waals surface area contributed by atoms with Crippen molar-refractivity contribution in [3.63, 3.8) is 0 Å². The fourth-order valence-electron chi connectivity index (χ4n) is 1.66. The summed E-state index contributed by atoms with van der Waals surface area (Å²) in [5.41, 5.74) is 7.37. The molecule has 0 saturated carbocycles. The maximum Gasteiger partial charge on any atom is 0.150 e. The minimum Gasteiger partial charge on any atom is -0.399 e. The van der Waals surface area contributed by atoms with Gasteiger partial charge in [-0.15, -0.1) is 0 Å². The van der Waals surface area contributed by atoms with Gasteiger partial charge >= 0.3 is 0 Å². The molecule has 17 heavy (non-hydrogen) atoms. The Morgan fingerprint density at radius 3 is 2.53 bits per heavy atom. The molecule has 96 valence electrons. The first-order valence-corrected chi connectivity index (χ1v) is 7.80. The number of hydrogen-bond donors (Lipinski definition) is 1. The predicted octanol–water partition coefficient (Wildman–Crippen LogP) is 2.27. The van der Waals surface area contributed by atoms with Crippen LogP contribution in [0.1, 0.15) is 25.8 Å². The van der Waals surface area contributed by atoms with Crippen molar-refractivity contribution < 1.29 is 8.42 Å². The van der Waals surface area contributed by atoms with Gasteiger partial charge in [0, 0.05) is 5.69 Å². The average Bonchev–Trinajstić information content (AvgIpc) is 2.27. The fraction of sp³-hybridized carbons (Fsp3) is 0.538. The Labute approximate surface area is 104 Å². The quantitative estimate of drug-likeness (QED) is 0.793. The molecule has 0 amide bonds. The summed E-state index contributed by atoms with van der Waals surface area (Å²) in [6.45, 7) is 3.98. The second kappa shape index (κ2) is 6.05. The standard InChI is InChI=1S/C13H21NO2S/c1-3-11(2)10-17(15,16)9-8-12-6-4-5-7-13(12)14/h4-7,11H,3,8-10,14H2,1-2H3. The van der Waals surface area contributed by atoms with Crippen molar-refractivity contribution in [1.29, 1.82) is 0 Å². The molecule has 0 radical (unpaired) electrons. The minimum absolute atomic E-state index is 0.186. The van der Waals surface area contributed by atoms with E-state index in [2.05, 4.69) is 0 Å². The highest BCUT2D eigenvalue weighted by atomic mass is 32.2. The summed E-state index contributed by atoms with van der Waals surface area (Å²) in [6.07, 6.45) is 1.40. The Morgan fingerprint density at radius 2 is 1.94 bits per heavy atom. The van der Waals surface area contributed by atoms with E-state index in [0.717, 1.165) is 12.0 Å². The van der Waals surface area contributed by atoms with Crippen LogP contribution in [0.4, 0.5) is 5.69 Å². The first-order chi connectivity index (χ1) is 7.94. The van der Waals surface area contributed by atoms with Crippen molar-refractivity contribution >= 4 is 15.5 Å². The van der Waals surface area contributed by atoms with Gasteiger partial charge < -0.3 is 5.73 Å². The molecule has 0 spiro atoms. The Bertz CT molecular complexity index is 454. The maximum atomic E-state index is 11.8. The number of hydrogen-bond acceptors (Lipinski definition) is 3. The number of benzene rings is 1. The van der Waals surface area contributed by atoms with Crippen molar-refractivity contribution in [3.05, 3.63) is 29.8 Å². The van der Waals surface area contributed by atoms with Gasteiger partial charge in [0.1, 0.15) is 0 Å². The van der Waals surface area contributed by atoms with E-state index < -0.39 is 9.84 Å². The third-order valence-corrected chi connectivity index (χ3v) is 4.88. The van der Waals surface area contributed by atoms with Gasteiger partial charge in [0.15, 0.2) is 9.84 Å². The van der Waals surface area contributed by atoms with Crippen LogP contribution in [0.15, 0.2) is 24.3 Å². The minimum atomic E-state index is -2.96. The monoisotopic (exact) mass is 255 g/mol. The van der Waals surface area contributed by atoms with E-state index >= 15 is 0 Å². The molecule has 0 saturated heterocycles. The molecule has 3 nitrogen and oxygen atoms in total. The number of nitrogen functional groups attached to an aromatic ring is 1. The molecule has 1 aromatic carbocycles. The second-order valence-electron chi connectivity index (χ2n) is 4.58. The van der Waals surface area contributed by atoms with E-state index in [4.69, 9.17) is 5.73 Å². The fourth-order valence-corrected chi connectivity index (χ4v) is 3.46. The SMILES string of the molecule is CCC(C)CS(=O)(=O)CCc1ccccc1N. The highest BCUT2D eigenvalue weighted by Gasteiger charge is 2.15. The van der Waals surface area contributed by atoms with E-state index in [0.29, 0.717) is 12.1 Å². The van der Waals surface area contributed by atoms with Gasteiger partial charge in [0.25, 0.3) is 0 Å². The van der Waals surface area contributed by atoms with Gasteiger partial charge in [-0.25, -0.2) is 8.42 Å². The summed E-state index contributed by atoms with van der Waals surface area (Å²) in [7, 11) is -2.96. The van der Waals surface area contributed by atoms with Gasteiger partial charge in [-0.05, 0) is 24.0 Å². The highest BCUT2D eigenvalue weighted by molar-refractivity contribution is 7.91. The van der Waals surface area contributed by atoms with Crippen LogP contribution in [-0.4, -0.2) is 19.9 Å². The van der Waals surface area contributed by atoms with E-state index in [9.17, 15) is 8.42 Å². The molecule has 0 aliphatic rings. The molecule has 0 aliphatic carbocycles. The number of anilines is 1. The van der Waals surface area contributed by atoms with Crippen molar-refractivity contribution in [2.45, 2.75) is 26.7 Å². The first kappa shape index (κ1) is 14.0. The molecular weight excluding hydrogens is 234 g/mol. The molecule has 4 heteroatoms. The van der Waals surface area contributed by atoms with Gasteiger partial charge in [-0.2, -0.15) is 0 Å². The summed E-state index contributed by atoms with van der Waals surface area (Å²) in [5, 5.41) is 0. The van der Waals surface area contributed by atoms with Crippen LogP contribution in [0, 0.1) is 5.92 Å². The van der Waals surface area contributed by atoms with Gasteiger partial charge in [-0.3, -0.25) is 0 Å². The molecule has 0 bridgehead atoms. The average molecular weight is 255 g/mol. The zero-order chi connectivity index (χ0) is 12.9. The number of aryl methyl sites for hydroxylation is 1. The van der Waals surface area contributed by atoms with E-state index in [1.165, 1.54) is 0 Å². The van der Waals surface area contributed by atoms with Gasteiger partial charge in [0.05, 0.1) is 11.5 Å². The number of sulfone groups is 1. The third kappa shape index (κ3) is 4.77. The lowest BCUT2D eigenvalue weighted by Crippen LogP contribution is -2.18. The summed E-state index contributed by atoms with van der Waals surface area (Å²) in [5.74, 6) is 0.690. The topological polar surface area (TPSA) is 60.2 Å². The molecule has 1 atom stereocenters. The van der Waals surface area contributed by atoms with Crippen LogP contribution in [0.5, 0.6) is 0 Å². The third-order valence-electron chi connectivity index (χ3n) is 2.97. The molecule has 0 heterocycles. The van der Waals surface area contributed by atoms with Crippen LogP contribution in [0.2, 0.25) is 0 Å². The van der Waals surface area contributed by atoms with Gasteiger partial charge in [-0.1, -0.05) is 38.5 Å². The summed E-state index contributed by atoms with van der Waals surface area (Å²) in [6, 6.07) is 7.42. The smallest absolute Gasteiger partial charge is 0.150 e. The van der Waals surface area contributed by atoms with E-state index in [1.54, 1.807) is 6.07 Å². The Balaban J connectivity index is 2.59. The summed E-state index contributed by atoms with van der Waals surface area (Å²) in [4.78, 5) is 0. The predicted molar refractivity (Wildman–Crippen MR) is 72.7 cm³/mol. The Hall–Kier alpha value is -1.03. The number of para-hydroxylation sites is 1. The molecule has 1 rings (SSSR count). The second-order valence-corrected chi connectivity index (χ2v) is 6.81. The van der Waals surface area contributed by atoms with Crippen LogP contribution in [0.3, 0.4) is 0 Å².